The number of rotatable bonds is 3. The largest absolute Gasteiger partial charge is 0.330 e. The molecule has 2 unspecified atom stereocenters. The molecule has 1 saturated carbocycles. The van der Waals surface area contributed by atoms with Crippen LogP contribution >= 0.6 is 0 Å². The lowest BCUT2D eigenvalue weighted by molar-refractivity contribution is 0.187. The van der Waals surface area contributed by atoms with E-state index in [9.17, 15) is 4.39 Å². The minimum atomic E-state index is -0.719. The lowest BCUT2D eigenvalue weighted by Crippen LogP contribution is -2.28. The van der Waals surface area contributed by atoms with Gasteiger partial charge in [-0.05, 0) is 19.4 Å². The zero-order valence-electron chi connectivity index (χ0n) is 7.22. The van der Waals surface area contributed by atoms with E-state index in [0.717, 1.165) is 0 Å². The average molecular weight is 159 g/mol. The van der Waals surface area contributed by atoms with Crippen LogP contribution in [0.25, 0.3) is 0 Å². The van der Waals surface area contributed by atoms with Crippen LogP contribution in [0.4, 0.5) is 4.39 Å². The van der Waals surface area contributed by atoms with Gasteiger partial charge in [0.2, 0.25) is 0 Å². The standard InChI is InChI=1S/C9H18FN/c1-7(10)9(6-11)8-4-2-3-5-8/h7-9H,2-6,11H2,1H3. The first kappa shape index (κ1) is 8.98. The Bertz CT molecular complexity index is 108. The van der Waals surface area contributed by atoms with Crippen LogP contribution in [0.2, 0.25) is 0 Å². The number of hydrogen-bond acceptors (Lipinski definition) is 1. The molecule has 1 aliphatic carbocycles. The van der Waals surface area contributed by atoms with Gasteiger partial charge in [0.1, 0.15) is 6.17 Å². The fourth-order valence-corrected chi connectivity index (χ4v) is 2.14. The summed E-state index contributed by atoms with van der Waals surface area (Å²) in [5.41, 5.74) is 5.51. The molecule has 0 spiro atoms. The average Bonchev–Trinajstić information content (AvgIpc) is 2.40. The number of nitrogens with two attached hydrogens (primary N) is 1. The van der Waals surface area contributed by atoms with Crippen molar-refractivity contribution < 1.29 is 4.39 Å². The van der Waals surface area contributed by atoms with Crippen LogP contribution in [0.1, 0.15) is 32.6 Å². The third-order valence-corrected chi connectivity index (χ3v) is 2.87. The zero-order valence-corrected chi connectivity index (χ0v) is 7.22. The van der Waals surface area contributed by atoms with Gasteiger partial charge in [0, 0.05) is 5.92 Å². The van der Waals surface area contributed by atoms with Crippen molar-refractivity contribution in [1.82, 2.24) is 0 Å². The van der Waals surface area contributed by atoms with E-state index in [4.69, 9.17) is 5.73 Å². The molecule has 2 heteroatoms. The van der Waals surface area contributed by atoms with Crippen LogP contribution in [0.5, 0.6) is 0 Å². The summed E-state index contributed by atoms with van der Waals surface area (Å²) in [6, 6.07) is 0. The Labute approximate surface area is 68.2 Å². The topological polar surface area (TPSA) is 26.0 Å². The summed E-state index contributed by atoms with van der Waals surface area (Å²) in [5.74, 6) is 0.692. The highest BCUT2D eigenvalue weighted by atomic mass is 19.1. The van der Waals surface area contributed by atoms with E-state index in [0.29, 0.717) is 12.5 Å². The molecule has 0 saturated heterocycles. The van der Waals surface area contributed by atoms with Crippen molar-refractivity contribution in [3.05, 3.63) is 0 Å². The van der Waals surface area contributed by atoms with Crippen LogP contribution in [0.3, 0.4) is 0 Å². The van der Waals surface area contributed by atoms with Gasteiger partial charge in [-0.15, -0.1) is 0 Å². The molecule has 0 amide bonds. The second kappa shape index (κ2) is 4.05. The molecule has 2 atom stereocenters. The van der Waals surface area contributed by atoms with Crippen LogP contribution in [0.15, 0.2) is 0 Å². The van der Waals surface area contributed by atoms with E-state index in [2.05, 4.69) is 0 Å². The molecule has 0 bridgehead atoms. The molecule has 0 aromatic carbocycles. The molecule has 1 rings (SSSR count). The molecule has 1 aliphatic rings. The Morgan fingerprint density at radius 3 is 2.36 bits per heavy atom. The molecular weight excluding hydrogens is 141 g/mol. The summed E-state index contributed by atoms with van der Waals surface area (Å²) in [7, 11) is 0. The van der Waals surface area contributed by atoms with Gasteiger partial charge in [-0.25, -0.2) is 4.39 Å². The van der Waals surface area contributed by atoms with Crippen LogP contribution in [-0.4, -0.2) is 12.7 Å². The number of alkyl halides is 1. The summed E-state index contributed by atoms with van der Waals surface area (Å²) >= 11 is 0. The second-order valence-electron chi connectivity index (χ2n) is 3.62. The Hall–Kier alpha value is -0.110. The van der Waals surface area contributed by atoms with E-state index in [1.165, 1.54) is 25.7 Å². The Morgan fingerprint density at radius 1 is 1.45 bits per heavy atom. The normalized spacial score (nSPS) is 25.4. The van der Waals surface area contributed by atoms with E-state index in [1.54, 1.807) is 6.92 Å². The lowest BCUT2D eigenvalue weighted by Gasteiger charge is -2.22. The smallest absolute Gasteiger partial charge is 0.102 e. The van der Waals surface area contributed by atoms with Gasteiger partial charge in [0.05, 0.1) is 0 Å². The summed E-state index contributed by atoms with van der Waals surface area (Å²) in [5, 5.41) is 0. The number of halogens is 1. The van der Waals surface area contributed by atoms with E-state index in [-0.39, 0.29) is 5.92 Å². The van der Waals surface area contributed by atoms with Gasteiger partial charge < -0.3 is 5.73 Å². The minimum absolute atomic E-state index is 0.123. The summed E-state index contributed by atoms with van der Waals surface area (Å²) < 4.78 is 12.9. The molecule has 1 nitrogen and oxygen atoms in total. The first-order valence-corrected chi connectivity index (χ1v) is 4.60. The maximum Gasteiger partial charge on any atom is 0.102 e. The van der Waals surface area contributed by atoms with Crippen molar-refractivity contribution in [2.24, 2.45) is 17.6 Å². The van der Waals surface area contributed by atoms with Gasteiger partial charge in [0.25, 0.3) is 0 Å². The summed E-state index contributed by atoms with van der Waals surface area (Å²) in [6.45, 7) is 2.15. The second-order valence-corrected chi connectivity index (χ2v) is 3.62. The molecule has 0 heterocycles. The van der Waals surface area contributed by atoms with Crippen LogP contribution in [0, 0.1) is 11.8 Å². The molecule has 0 aromatic rings. The van der Waals surface area contributed by atoms with Gasteiger partial charge >= 0.3 is 0 Å². The highest BCUT2D eigenvalue weighted by Crippen LogP contribution is 2.33. The quantitative estimate of drug-likeness (QED) is 0.670. The van der Waals surface area contributed by atoms with Crippen molar-refractivity contribution in [3.8, 4) is 0 Å². The minimum Gasteiger partial charge on any atom is -0.330 e. The van der Waals surface area contributed by atoms with Crippen molar-refractivity contribution >= 4 is 0 Å². The molecule has 1 fully saturated rings. The van der Waals surface area contributed by atoms with E-state index >= 15 is 0 Å². The van der Waals surface area contributed by atoms with Crippen molar-refractivity contribution in [2.75, 3.05) is 6.54 Å². The van der Waals surface area contributed by atoms with Gasteiger partial charge in [-0.1, -0.05) is 25.7 Å². The van der Waals surface area contributed by atoms with Crippen LogP contribution < -0.4 is 5.73 Å². The maximum atomic E-state index is 12.9. The van der Waals surface area contributed by atoms with Crippen molar-refractivity contribution in [3.63, 3.8) is 0 Å². The van der Waals surface area contributed by atoms with Gasteiger partial charge in [-0.3, -0.25) is 0 Å². The van der Waals surface area contributed by atoms with Crippen LogP contribution in [-0.2, 0) is 0 Å². The van der Waals surface area contributed by atoms with E-state index in [1.807, 2.05) is 0 Å². The van der Waals surface area contributed by atoms with Gasteiger partial charge in [-0.2, -0.15) is 0 Å². The molecule has 2 N–H and O–H groups in total. The molecule has 0 radical (unpaired) electrons. The molecule has 0 aromatic heterocycles. The zero-order chi connectivity index (χ0) is 8.27. The predicted molar refractivity (Wildman–Crippen MR) is 45.1 cm³/mol. The van der Waals surface area contributed by atoms with Crippen molar-refractivity contribution in [1.29, 1.82) is 0 Å². The molecule has 11 heavy (non-hydrogen) atoms. The fourth-order valence-electron chi connectivity index (χ4n) is 2.14. The maximum absolute atomic E-state index is 12.9. The van der Waals surface area contributed by atoms with Crippen molar-refractivity contribution in [2.45, 2.75) is 38.8 Å². The molecule has 0 aliphatic heterocycles. The first-order valence-electron chi connectivity index (χ1n) is 4.60. The third kappa shape index (κ3) is 2.16. The lowest BCUT2D eigenvalue weighted by atomic mass is 9.88. The van der Waals surface area contributed by atoms with Gasteiger partial charge in [0.15, 0.2) is 0 Å². The SMILES string of the molecule is CC(F)C(CN)C1CCCC1. The van der Waals surface area contributed by atoms with E-state index < -0.39 is 6.17 Å². The third-order valence-electron chi connectivity index (χ3n) is 2.87. The Balaban J connectivity index is 2.40. The number of hydrogen-bond donors (Lipinski definition) is 1. The first-order chi connectivity index (χ1) is 5.25. The predicted octanol–water partition coefficient (Wildman–Crippen LogP) is 2.11. The summed E-state index contributed by atoms with van der Waals surface area (Å²) in [4.78, 5) is 0. The summed E-state index contributed by atoms with van der Waals surface area (Å²) in [6.07, 6.45) is 4.21. The molecular formula is C9H18FN. The highest BCUT2D eigenvalue weighted by Gasteiger charge is 2.27. The molecule has 66 valence electrons. The fraction of sp³-hybridized carbons (Fsp3) is 1.00. The Kier molecular flexibility index (Phi) is 3.31. The Morgan fingerprint density at radius 2 is 2.00 bits per heavy atom. The monoisotopic (exact) mass is 159 g/mol. The highest BCUT2D eigenvalue weighted by molar-refractivity contribution is 4.79.